The Balaban J connectivity index is 1.66. The van der Waals surface area contributed by atoms with Gasteiger partial charge in [0.15, 0.2) is 0 Å². The molecule has 2 aromatic rings. The highest BCUT2D eigenvalue weighted by Crippen LogP contribution is 2.14. The van der Waals surface area contributed by atoms with Gasteiger partial charge in [-0.2, -0.15) is 0 Å². The fourth-order valence-corrected chi connectivity index (χ4v) is 3.54. The fourth-order valence-electron chi connectivity index (χ4n) is 3.54. The average Bonchev–Trinajstić information content (AvgIpc) is 2.72. The van der Waals surface area contributed by atoms with Crippen LogP contribution in [-0.2, 0) is 27.3 Å². The minimum Gasteiger partial charge on any atom is -0.445 e. The van der Waals surface area contributed by atoms with Crippen molar-refractivity contribution in [3.63, 3.8) is 0 Å². The van der Waals surface area contributed by atoms with E-state index in [2.05, 4.69) is 5.32 Å². The summed E-state index contributed by atoms with van der Waals surface area (Å²) in [5.74, 6) is -0.118. The van der Waals surface area contributed by atoms with Crippen LogP contribution in [0.3, 0.4) is 0 Å². The number of hydrogen-bond donors (Lipinski definition) is 1. The topological polar surface area (TPSA) is 67.9 Å². The Morgan fingerprint density at radius 3 is 2.14 bits per heavy atom. The van der Waals surface area contributed by atoms with Crippen molar-refractivity contribution in [1.82, 2.24) is 10.2 Å². The molecule has 0 saturated carbocycles. The summed E-state index contributed by atoms with van der Waals surface area (Å²) < 4.78 is 11.1. The van der Waals surface area contributed by atoms with E-state index < -0.39 is 12.1 Å². The van der Waals surface area contributed by atoms with Gasteiger partial charge in [0.05, 0.1) is 12.2 Å². The molecule has 6 nitrogen and oxygen atoms in total. The third-order valence-corrected chi connectivity index (χ3v) is 4.82. The first-order valence-corrected chi connectivity index (χ1v) is 9.96. The van der Waals surface area contributed by atoms with Gasteiger partial charge in [0.2, 0.25) is 5.91 Å². The van der Waals surface area contributed by atoms with E-state index in [4.69, 9.17) is 9.47 Å². The zero-order valence-corrected chi connectivity index (χ0v) is 16.9. The van der Waals surface area contributed by atoms with Crippen molar-refractivity contribution < 1.29 is 19.1 Å². The zero-order chi connectivity index (χ0) is 20.6. The van der Waals surface area contributed by atoms with Crippen molar-refractivity contribution in [3.05, 3.63) is 71.8 Å². The second kappa shape index (κ2) is 10.1. The highest BCUT2D eigenvalue weighted by molar-refractivity contribution is 5.86. The normalized spacial score (nSPS) is 20.0. The average molecular weight is 396 g/mol. The molecule has 1 saturated heterocycles. The van der Waals surface area contributed by atoms with Gasteiger partial charge in [0.1, 0.15) is 12.6 Å². The molecule has 0 radical (unpaired) electrons. The van der Waals surface area contributed by atoms with Crippen LogP contribution in [0.4, 0.5) is 4.79 Å². The van der Waals surface area contributed by atoms with Crippen LogP contribution < -0.4 is 5.32 Å². The van der Waals surface area contributed by atoms with Crippen molar-refractivity contribution in [2.45, 2.75) is 45.1 Å². The summed E-state index contributed by atoms with van der Waals surface area (Å²) in [5, 5.41) is 2.77. The molecule has 0 spiro atoms. The standard InChI is InChI=1S/C23H28N2O4/c1-17-14-25(15-18(2)29-17)22(26)21(13-19-9-5-3-6-10-19)24-23(27)28-16-20-11-7-4-8-12-20/h3-12,17-18,21H,13-16H2,1-2H3,(H,24,27)/t17-,18-,21-/m0/s1. The van der Waals surface area contributed by atoms with Crippen LogP contribution in [-0.4, -0.2) is 48.2 Å². The Morgan fingerprint density at radius 2 is 1.55 bits per heavy atom. The van der Waals surface area contributed by atoms with Crippen LogP contribution >= 0.6 is 0 Å². The number of carbonyl (C=O) groups is 2. The van der Waals surface area contributed by atoms with Crippen LogP contribution in [0.1, 0.15) is 25.0 Å². The number of alkyl carbamates (subject to hydrolysis) is 1. The van der Waals surface area contributed by atoms with Gasteiger partial charge in [-0.15, -0.1) is 0 Å². The second-order valence-corrected chi connectivity index (χ2v) is 7.45. The summed E-state index contributed by atoms with van der Waals surface area (Å²) >= 11 is 0. The third-order valence-electron chi connectivity index (χ3n) is 4.82. The van der Waals surface area contributed by atoms with E-state index in [1.165, 1.54) is 0 Å². The van der Waals surface area contributed by atoms with E-state index >= 15 is 0 Å². The molecule has 0 unspecified atom stereocenters. The molecule has 1 aliphatic rings. The van der Waals surface area contributed by atoms with Gasteiger partial charge < -0.3 is 19.7 Å². The number of benzene rings is 2. The highest BCUT2D eigenvalue weighted by atomic mass is 16.5. The van der Waals surface area contributed by atoms with Crippen molar-refractivity contribution in [1.29, 1.82) is 0 Å². The van der Waals surface area contributed by atoms with Crippen molar-refractivity contribution in [2.24, 2.45) is 0 Å². The van der Waals surface area contributed by atoms with Gasteiger partial charge in [-0.3, -0.25) is 4.79 Å². The molecule has 2 amide bonds. The lowest BCUT2D eigenvalue weighted by molar-refractivity contribution is -0.145. The third kappa shape index (κ3) is 6.32. The molecule has 154 valence electrons. The Morgan fingerprint density at radius 1 is 1.00 bits per heavy atom. The summed E-state index contributed by atoms with van der Waals surface area (Å²) in [5.41, 5.74) is 1.87. The number of nitrogens with zero attached hydrogens (tertiary/aromatic N) is 1. The number of morpholine rings is 1. The van der Waals surface area contributed by atoms with Gasteiger partial charge in [-0.25, -0.2) is 4.79 Å². The maximum Gasteiger partial charge on any atom is 0.408 e. The summed E-state index contributed by atoms with van der Waals surface area (Å²) in [6, 6.07) is 18.4. The maximum atomic E-state index is 13.2. The molecule has 1 N–H and O–H groups in total. The molecule has 3 atom stereocenters. The molecule has 0 bridgehead atoms. The highest BCUT2D eigenvalue weighted by Gasteiger charge is 2.32. The van der Waals surface area contributed by atoms with Crippen molar-refractivity contribution in [2.75, 3.05) is 13.1 Å². The molecule has 1 fully saturated rings. The maximum absolute atomic E-state index is 13.2. The summed E-state index contributed by atoms with van der Waals surface area (Å²) in [4.78, 5) is 27.4. The van der Waals surface area contributed by atoms with Crippen LogP contribution in [0.2, 0.25) is 0 Å². The molecular weight excluding hydrogens is 368 g/mol. The van der Waals surface area contributed by atoms with E-state index in [0.717, 1.165) is 11.1 Å². The van der Waals surface area contributed by atoms with Gasteiger partial charge in [-0.1, -0.05) is 60.7 Å². The molecular formula is C23H28N2O4. The van der Waals surface area contributed by atoms with Gasteiger partial charge in [0.25, 0.3) is 0 Å². The number of hydrogen-bond acceptors (Lipinski definition) is 4. The Labute approximate surface area is 171 Å². The largest absolute Gasteiger partial charge is 0.445 e. The first-order chi connectivity index (χ1) is 14.0. The van der Waals surface area contributed by atoms with E-state index in [0.29, 0.717) is 19.5 Å². The van der Waals surface area contributed by atoms with E-state index in [1.807, 2.05) is 74.5 Å². The number of carbonyl (C=O) groups excluding carboxylic acids is 2. The molecule has 1 heterocycles. The second-order valence-electron chi connectivity index (χ2n) is 7.45. The first-order valence-electron chi connectivity index (χ1n) is 9.96. The molecule has 29 heavy (non-hydrogen) atoms. The number of rotatable bonds is 6. The predicted octanol–water partition coefficient (Wildman–Crippen LogP) is 3.16. The van der Waals surface area contributed by atoms with E-state index in [-0.39, 0.29) is 24.7 Å². The monoisotopic (exact) mass is 396 g/mol. The lowest BCUT2D eigenvalue weighted by Gasteiger charge is -2.37. The van der Waals surface area contributed by atoms with E-state index in [1.54, 1.807) is 4.90 Å². The molecule has 0 aliphatic carbocycles. The minimum absolute atomic E-state index is 0.0369. The lowest BCUT2D eigenvalue weighted by atomic mass is 10.0. The van der Waals surface area contributed by atoms with Crippen molar-refractivity contribution in [3.8, 4) is 0 Å². The Bertz CT molecular complexity index is 787. The molecule has 3 rings (SSSR count). The van der Waals surface area contributed by atoms with Crippen molar-refractivity contribution >= 4 is 12.0 Å². The first kappa shape index (κ1) is 20.9. The van der Waals surface area contributed by atoms with Crippen LogP contribution in [0, 0.1) is 0 Å². The summed E-state index contributed by atoms with van der Waals surface area (Å²) in [6.45, 7) is 5.07. The number of ether oxygens (including phenoxy) is 2. The quantitative estimate of drug-likeness (QED) is 0.814. The fraction of sp³-hybridized carbons (Fsp3) is 0.391. The van der Waals surface area contributed by atoms with E-state index in [9.17, 15) is 9.59 Å². The SMILES string of the molecule is C[C@H]1CN(C(=O)[C@H](Cc2ccccc2)NC(=O)OCc2ccccc2)C[C@H](C)O1. The van der Waals surface area contributed by atoms with Crippen LogP contribution in [0.5, 0.6) is 0 Å². The molecule has 2 aromatic carbocycles. The van der Waals surface area contributed by atoms with Gasteiger partial charge >= 0.3 is 6.09 Å². The van der Waals surface area contributed by atoms with Crippen LogP contribution in [0.25, 0.3) is 0 Å². The van der Waals surface area contributed by atoms with Gasteiger partial charge in [0, 0.05) is 19.5 Å². The molecule has 0 aromatic heterocycles. The molecule has 1 aliphatic heterocycles. The van der Waals surface area contributed by atoms with Gasteiger partial charge in [-0.05, 0) is 25.0 Å². The number of amides is 2. The summed E-state index contributed by atoms with van der Waals surface area (Å²) in [7, 11) is 0. The van der Waals surface area contributed by atoms with Crippen LogP contribution in [0.15, 0.2) is 60.7 Å². The smallest absolute Gasteiger partial charge is 0.408 e. The Kier molecular flexibility index (Phi) is 7.25. The zero-order valence-electron chi connectivity index (χ0n) is 16.9. The number of nitrogens with one attached hydrogen (secondary N) is 1. The summed E-state index contributed by atoms with van der Waals surface area (Å²) in [6.07, 6.45) is -0.270. The minimum atomic E-state index is -0.696. The predicted molar refractivity (Wildman–Crippen MR) is 110 cm³/mol. The Hall–Kier alpha value is -2.86. The molecule has 6 heteroatoms. The lowest BCUT2D eigenvalue weighted by Crippen LogP contribution is -2.55.